The molecule has 0 unspecified atom stereocenters. The number of ether oxygens (including phenoxy) is 1. The third kappa shape index (κ3) is 2.67. The molecule has 0 amide bonds. The van der Waals surface area contributed by atoms with Gasteiger partial charge >= 0.3 is 5.97 Å². The maximum atomic E-state index is 11.4. The summed E-state index contributed by atoms with van der Waals surface area (Å²) in [6.07, 6.45) is 4.94. The molecular weight excluding hydrogens is 214 g/mol. The van der Waals surface area contributed by atoms with Crippen LogP contribution in [0.3, 0.4) is 0 Å². The molecule has 1 aliphatic rings. The van der Waals surface area contributed by atoms with E-state index < -0.39 is 0 Å². The Bertz CT molecular complexity index is 397. The number of benzene rings is 1. The van der Waals surface area contributed by atoms with Crippen molar-refractivity contribution >= 4 is 5.97 Å². The summed E-state index contributed by atoms with van der Waals surface area (Å²) in [5.41, 5.74) is 7.88. The first kappa shape index (κ1) is 12.1. The van der Waals surface area contributed by atoms with E-state index in [1.54, 1.807) is 6.07 Å². The van der Waals surface area contributed by atoms with Crippen LogP contribution in [0.15, 0.2) is 24.3 Å². The summed E-state index contributed by atoms with van der Waals surface area (Å²) in [5, 5.41) is 0. The van der Waals surface area contributed by atoms with Crippen LogP contribution in [0.4, 0.5) is 0 Å². The molecule has 0 spiro atoms. The number of carbonyl (C=O) groups is 1. The molecule has 3 nitrogen and oxygen atoms in total. The van der Waals surface area contributed by atoms with Crippen LogP contribution in [0.5, 0.6) is 0 Å². The highest BCUT2D eigenvalue weighted by atomic mass is 16.5. The minimum Gasteiger partial charge on any atom is -0.465 e. The molecule has 0 radical (unpaired) electrons. The second-order valence-corrected chi connectivity index (χ2v) is 4.69. The molecule has 1 fully saturated rings. The van der Waals surface area contributed by atoms with Crippen molar-refractivity contribution in [3.05, 3.63) is 35.4 Å². The summed E-state index contributed by atoms with van der Waals surface area (Å²) < 4.78 is 4.72. The van der Waals surface area contributed by atoms with Crippen molar-refractivity contribution < 1.29 is 9.53 Å². The molecule has 1 atom stereocenters. The Labute approximate surface area is 102 Å². The smallest absolute Gasteiger partial charge is 0.337 e. The topological polar surface area (TPSA) is 52.3 Å². The summed E-state index contributed by atoms with van der Waals surface area (Å²) in [6.45, 7) is 0. The van der Waals surface area contributed by atoms with Gasteiger partial charge in [-0.2, -0.15) is 0 Å². The van der Waals surface area contributed by atoms with Gasteiger partial charge in [-0.15, -0.1) is 0 Å². The van der Waals surface area contributed by atoms with E-state index >= 15 is 0 Å². The van der Waals surface area contributed by atoms with Gasteiger partial charge in [0.1, 0.15) is 0 Å². The van der Waals surface area contributed by atoms with E-state index in [2.05, 4.69) is 0 Å². The minimum atomic E-state index is -0.300. The summed E-state index contributed by atoms with van der Waals surface area (Å²) in [6, 6.07) is 7.53. The fraction of sp³-hybridized carbons (Fsp3) is 0.500. The Hall–Kier alpha value is -1.35. The Morgan fingerprint density at radius 3 is 2.76 bits per heavy atom. The maximum absolute atomic E-state index is 11.4. The van der Waals surface area contributed by atoms with E-state index in [0.717, 1.165) is 5.56 Å². The highest BCUT2D eigenvalue weighted by Gasteiger charge is 2.23. The lowest BCUT2D eigenvalue weighted by Crippen LogP contribution is -2.19. The highest BCUT2D eigenvalue weighted by molar-refractivity contribution is 5.89. The lowest BCUT2D eigenvalue weighted by molar-refractivity contribution is 0.0600. The van der Waals surface area contributed by atoms with Crippen molar-refractivity contribution in [3.8, 4) is 0 Å². The van der Waals surface area contributed by atoms with E-state index in [-0.39, 0.29) is 12.0 Å². The Balaban J connectivity index is 2.17. The molecule has 0 bridgehead atoms. The first-order valence-electron chi connectivity index (χ1n) is 6.16. The molecule has 2 N–H and O–H groups in total. The molecule has 1 saturated carbocycles. The molecule has 1 aromatic carbocycles. The third-order valence-electron chi connectivity index (χ3n) is 3.60. The van der Waals surface area contributed by atoms with E-state index in [4.69, 9.17) is 10.5 Å². The van der Waals surface area contributed by atoms with Crippen LogP contribution in [0.25, 0.3) is 0 Å². The first-order chi connectivity index (χ1) is 8.22. The van der Waals surface area contributed by atoms with Crippen LogP contribution < -0.4 is 5.73 Å². The monoisotopic (exact) mass is 233 g/mol. The SMILES string of the molecule is COC(=O)c1cccc([C@H](N)C2CCCC2)c1. The molecule has 1 aromatic rings. The number of carbonyl (C=O) groups excluding carboxylic acids is 1. The minimum absolute atomic E-state index is 0.0436. The van der Waals surface area contributed by atoms with E-state index in [0.29, 0.717) is 11.5 Å². The zero-order valence-corrected chi connectivity index (χ0v) is 10.2. The first-order valence-corrected chi connectivity index (χ1v) is 6.16. The van der Waals surface area contributed by atoms with Crippen molar-refractivity contribution in [3.63, 3.8) is 0 Å². The lowest BCUT2D eigenvalue weighted by atomic mass is 9.91. The lowest BCUT2D eigenvalue weighted by Gasteiger charge is -2.19. The van der Waals surface area contributed by atoms with Crippen LogP contribution >= 0.6 is 0 Å². The second kappa shape index (κ2) is 5.32. The summed E-state index contributed by atoms with van der Waals surface area (Å²) in [4.78, 5) is 11.4. The van der Waals surface area contributed by atoms with Gasteiger partial charge in [0.05, 0.1) is 12.7 Å². The van der Waals surface area contributed by atoms with Crippen molar-refractivity contribution in [1.29, 1.82) is 0 Å². The normalized spacial score (nSPS) is 18.0. The van der Waals surface area contributed by atoms with Gasteiger partial charge in [0.15, 0.2) is 0 Å². The van der Waals surface area contributed by atoms with Gasteiger partial charge in [-0.05, 0) is 36.5 Å². The molecule has 0 aliphatic heterocycles. The van der Waals surface area contributed by atoms with Gasteiger partial charge in [0.25, 0.3) is 0 Å². The Morgan fingerprint density at radius 2 is 2.12 bits per heavy atom. The van der Waals surface area contributed by atoms with Gasteiger partial charge in [0.2, 0.25) is 0 Å². The van der Waals surface area contributed by atoms with Crippen molar-refractivity contribution in [2.45, 2.75) is 31.7 Å². The van der Waals surface area contributed by atoms with Crippen LogP contribution in [0.1, 0.15) is 47.6 Å². The molecule has 17 heavy (non-hydrogen) atoms. The highest BCUT2D eigenvalue weighted by Crippen LogP contribution is 2.34. The molecule has 0 aromatic heterocycles. The van der Waals surface area contributed by atoms with E-state index in [1.165, 1.54) is 32.8 Å². The molecule has 0 saturated heterocycles. The van der Waals surface area contributed by atoms with Gasteiger partial charge < -0.3 is 10.5 Å². The van der Waals surface area contributed by atoms with Gasteiger partial charge in [-0.1, -0.05) is 25.0 Å². The van der Waals surface area contributed by atoms with Crippen LogP contribution in [-0.4, -0.2) is 13.1 Å². The number of hydrogen-bond donors (Lipinski definition) is 1. The van der Waals surface area contributed by atoms with Crippen molar-refractivity contribution in [2.75, 3.05) is 7.11 Å². The Morgan fingerprint density at radius 1 is 1.41 bits per heavy atom. The van der Waals surface area contributed by atoms with Gasteiger partial charge in [0, 0.05) is 6.04 Å². The molecule has 92 valence electrons. The molecule has 1 aliphatic carbocycles. The zero-order chi connectivity index (χ0) is 12.3. The second-order valence-electron chi connectivity index (χ2n) is 4.69. The molecular formula is C14H19NO2. The average molecular weight is 233 g/mol. The summed E-state index contributed by atoms with van der Waals surface area (Å²) >= 11 is 0. The van der Waals surface area contributed by atoms with Crippen molar-refractivity contribution in [1.82, 2.24) is 0 Å². The molecule has 3 heteroatoms. The molecule has 0 heterocycles. The van der Waals surface area contributed by atoms with Crippen molar-refractivity contribution in [2.24, 2.45) is 11.7 Å². The summed E-state index contributed by atoms with van der Waals surface area (Å²) in [5.74, 6) is 0.258. The number of esters is 1. The fourth-order valence-electron chi connectivity index (χ4n) is 2.58. The number of nitrogens with two attached hydrogens (primary N) is 1. The summed E-state index contributed by atoms with van der Waals surface area (Å²) in [7, 11) is 1.39. The van der Waals surface area contributed by atoms with Crippen LogP contribution in [-0.2, 0) is 4.74 Å². The van der Waals surface area contributed by atoms with Crippen LogP contribution in [0.2, 0.25) is 0 Å². The van der Waals surface area contributed by atoms with Crippen LogP contribution in [0, 0.1) is 5.92 Å². The maximum Gasteiger partial charge on any atom is 0.337 e. The fourth-order valence-corrected chi connectivity index (χ4v) is 2.58. The predicted molar refractivity (Wildman–Crippen MR) is 66.7 cm³/mol. The molecule has 2 rings (SSSR count). The third-order valence-corrected chi connectivity index (χ3v) is 3.60. The standard InChI is InChI=1S/C14H19NO2/c1-17-14(16)12-8-4-7-11(9-12)13(15)10-5-2-3-6-10/h4,7-10,13H,2-3,5-6,15H2,1H3/t13-/m1/s1. The zero-order valence-electron chi connectivity index (χ0n) is 10.2. The van der Waals surface area contributed by atoms with Gasteiger partial charge in [-0.3, -0.25) is 0 Å². The average Bonchev–Trinajstić information content (AvgIpc) is 2.91. The van der Waals surface area contributed by atoms with E-state index in [9.17, 15) is 4.79 Å². The van der Waals surface area contributed by atoms with E-state index in [1.807, 2.05) is 18.2 Å². The van der Waals surface area contributed by atoms with Gasteiger partial charge in [-0.25, -0.2) is 4.79 Å². The number of rotatable bonds is 3. The number of methoxy groups -OCH3 is 1. The number of hydrogen-bond acceptors (Lipinski definition) is 3. The predicted octanol–water partition coefficient (Wildman–Crippen LogP) is 2.66. The Kier molecular flexibility index (Phi) is 3.79. The largest absolute Gasteiger partial charge is 0.465 e. The quantitative estimate of drug-likeness (QED) is 0.816.